The minimum Gasteiger partial charge on any atom is -0.477 e. The molecule has 0 spiro atoms. The van der Waals surface area contributed by atoms with E-state index in [2.05, 4.69) is 9.62 Å². The maximum absolute atomic E-state index is 11.9. The first-order valence-electron chi connectivity index (χ1n) is 5.93. The van der Waals surface area contributed by atoms with E-state index < -0.39 is 16.0 Å². The van der Waals surface area contributed by atoms with Crippen molar-refractivity contribution in [3.8, 4) is 0 Å². The van der Waals surface area contributed by atoms with Crippen molar-refractivity contribution in [3.05, 3.63) is 17.0 Å². The van der Waals surface area contributed by atoms with Crippen LogP contribution in [-0.2, 0) is 10.0 Å². The molecule has 0 atom stereocenters. The number of thiophene rings is 1. The van der Waals surface area contributed by atoms with Gasteiger partial charge in [0.2, 0.25) is 10.0 Å². The van der Waals surface area contributed by atoms with E-state index in [1.165, 1.54) is 25.0 Å². The van der Waals surface area contributed by atoms with E-state index in [-0.39, 0.29) is 9.09 Å². The van der Waals surface area contributed by atoms with Crippen LogP contribution >= 0.6 is 11.3 Å². The van der Waals surface area contributed by atoms with Gasteiger partial charge in [0.25, 0.3) is 0 Å². The molecule has 0 aromatic carbocycles. The van der Waals surface area contributed by atoms with Gasteiger partial charge in [-0.1, -0.05) is 0 Å². The number of carboxylic acids is 1. The molecule has 0 unspecified atom stereocenters. The molecule has 0 saturated heterocycles. The number of rotatable bonds is 7. The summed E-state index contributed by atoms with van der Waals surface area (Å²) in [6, 6.07) is 3.21. The Morgan fingerprint density at radius 3 is 2.74 bits per heavy atom. The third kappa shape index (κ3) is 3.75. The molecule has 1 aliphatic rings. The summed E-state index contributed by atoms with van der Waals surface area (Å²) < 4.78 is 26.4. The van der Waals surface area contributed by atoms with Crippen LogP contribution in [0.25, 0.3) is 0 Å². The fourth-order valence-electron chi connectivity index (χ4n) is 1.70. The number of likely N-dealkylation sites (N-methyl/N-ethyl adjacent to an activating group) is 1. The van der Waals surface area contributed by atoms with Crippen molar-refractivity contribution in [1.82, 2.24) is 9.62 Å². The van der Waals surface area contributed by atoms with Crippen molar-refractivity contribution in [2.45, 2.75) is 23.1 Å². The van der Waals surface area contributed by atoms with Gasteiger partial charge >= 0.3 is 5.97 Å². The van der Waals surface area contributed by atoms with E-state index in [1.807, 2.05) is 7.05 Å². The number of nitrogens with zero attached hydrogens (tertiary/aromatic N) is 1. The molecule has 8 heteroatoms. The van der Waals surface area contributed by atoms with Crippen LogP contribution in [0.4, 0.5) is 0 Å². The summed E-state index contributed by atoms with van der Waals surface area (Å²) in [6.07, 6.45) is 2.35. The van der Waals surface area contributed by atoms with Gasteiger partial charge in [0.05, 0.1) is 0 Å². The van der Waals surface area contributed by atoms with Gasteiger partial charge in [-0.25, -0.2) is 17.9 Å². The van der Waals surface area contributed by atoms with Crippen molar-refractivity contribution in [3.63, 3.8) is 0 Å². The summed E-state index contributed by atoms with van der Waals surface area (Å²) in [4.78, 5) is 12.9. The smallest absolute Gasteiger partial charge is 0.345 e. The van der Waals surface area contributed by atoms with Crippen molar-refractivity contribution in [2.75, 3.05) is 20.1 Å². The summed E-state index contributed by atoms with van der Waals surface area (Å²) in [6.45, 7) is 0.983. The SMILES string of the molecule is CN(CCNS(=O)(=O)c1ccc(C(=O)O)s1)C1CC1. The Morgan fingerprint density at radius 2 is 2.21 bits per heavy atom. The molecule has 1 heterocycles. The van der Waals surface area contributed by atoms with Crippen LogP contribution in [0.3, 0.4) is 0 Å². The molecule has 1 fully saturated rings. The lowest BCUT2D eigenvalue weighted by atomic mass is 10.5. The van der Waals surface area contributed by atoms with Crippen LogP contribution in [0.5, 0.6) is 0 Å². The highest BCUT2D eigenvalue weighted by Gasteiger charge is 2.26. The Hall–Kier alpha value is -0.960. The Kier molecular flexibility index (Phi) is 4.24. The molecule has 1 aromatic heterocycles. The van der Waals surface area contributed by atoms with Crippen molar-refractivity contribution in [1.29, 1.82) is 0 Å². The first-order valence-corrected chi connectivity index (χ1v) is 8.23. The van der Waals surface area contributed by atoms with Crippen LogP contribution in [0.2, 0.25) is 0 Å². The molecular weight excluding hydrogens is 288 g/mol. The lowest BCUT2D eigenvalue weighted by Gasteiger charge is -2.15. The van der Waals surface area contributed by atoms with Crippen LogP contribution in [-0.4, -0.2) is 50.6 Å². The first-order chi connectivity index (χ1) is 8.90. The summed E-state index contributed by atoms with van der Waals surface area (Å²) in [5.74, 6) is -1.11. The van der Waals surface area contributed by atoms with E-state index in [4.69, 9.17) is 5.11 Å². The normalized spacial score (nSPS) is 15.9. The van der Waals surface area contributed by atoms with Gasteiger partial charge in [0, 0.05) is 19.1 Å². The summed E-state index contributed by atoms with van der Waals surface area (Å²) in [7, 11) is -1.62. The molecule has 0 amide bonds. The van der Waals surface area contributed by atoms with Gasteiger partial charge < -0.3 is 10.0 Å². The topological polar surface area (TPSA) is 86.7 Å². The third-order valence-electron chi connectivity index (χ3n) is 2.98. The summed E-state index contributed by atoms with van der Waals surface area (Å²) in [5, 5.41) is 8.77. The van der Waals surface area contributed by atoms with Gasteiger partial charge in [-0.05, 0) is 32.0 Å². The van der Waals surface area contributed by atoms with E-state index in [1.54, 1.807) is 0 Å². The number of aromatic carboxylic acids is 1. The average molecular weight is 304 g/mol. The second kappa shape index (κ2) is 5.58. The fourth-order valence-corrected chi connectivity index (χ4v) is 3.92. The molecule has 1 saturated carbocycles. The Bertz CT molecular complexity index is 563. The second-order valence-corrected chi connectivity index (χ2v) is 7.61. The quantitative estimate of drug-likeness (QED) is 0.779. The van der Waals surface area contributed by atoms with Crippen molar-refractivity contribution >= 4 is 27.3 Å². The molecule has 19 heavy (non-hydrogen) atoms. The minimum absolute atomic E-state index is 0.0236. The first kappa shape index (κ1) is 14.4. The number of hydrogen-bond donors (Lipinski definition) is 2. The molecule has 0 aliphatic heterocycles. The van der Waals surface area contributed by atoms with Gasteiger partial charge in [-0.3, -0.25) is 0 Å². The number of carboxylic acid groups (broad SMARTS) is 1. The molecular formula is C11H16N2O4S2. The number of sulfonamides is 1. The van der Waals surface area contributed by atoms with E-state index >= 15 is 0 Å². The highest BCUT2D eigenvalue weighted by molar-refractivity contribution is 7.91. The predicted molar refractivity (Wildman–Crippen MR) is 72.1 cm³/mol. The number of carbonyl (C=O) groups is 1. The Morgan fingerprint density at radius 1 is 1.53 bits per heavy atom. The average Bonchev–Trinajstić information content (AvgIpc) is 3.04. The monoisotopic (exact) mass is 304 g/mol. The molecule has 2 N–H and O–H groups in total. The predicted octanol–water partition coefficient (Wildman–Crippen LogP) is 0.819. The zero-order valence-electron chi connectivity index (χ0n) is 10.5. The van der Waals surface area contributed by atoms with Gasteiger partial charge in [-0.15, -0.1) is 11.3 Å². The van der Waals surface area contributed by atoms with Gasteiger partial charge in [-0.2, -0.15) is 0 Å². The standard InChI is InChI=1S/C11H16N2O4S2/c1-13(8-2-3-8)7-6-12-19(16,17)10-5-4-9(18-10)11(14)15/h4-5,8,12H,2-3,6-7H2,1H3,(H,14,15). The zero-order chi connectivity index (χ0) is 14.0. The molecule has 0 bridgehead atoms. The van der Waals surface area contributed by atoms with Gasteiger partial charge in [0.15, 0.2) is 0 Å². The molecule has 106 valence electrons. The molecule has 1 aromatic rings. The largest absolute Gasteiger partial charge is 0.477 e. The summed E-state index contributed by atoms with van der Waals surface area (Å²) in [5.41, 5.74) is 0. The maximum Gasteiger partial charge on any atom is 0.345 e. The molecule has 1 aliphatic carbocycles. The fraction of sp³-hybridized carbons (Fsp3) is 0.545. The van der Waals surface area contributed by atoms with Crippen molar-refractivity contribution in [2.24, 2.45) is 0 Å². The maximum atomic E-state index is 11.9. The summed E-state index contributed by atoms with van der Waals surface area (Å²) >= 11 is 0.762. The zero-order valence-corrected chi connectivity index (χ0v) is 12.1. The van der Waals surface area contributed by atoms with Crippen LogP contribution in [0.1, 0.15) is 22.5 Å². The van der Waals surface area contributed by atoms with E-state index in [0.717, 1.165) is 11.3 Å². The van der Waals surface area contributed by atoms with E-state index in [0.29, 0.717) is 19.1 Å². The highest BCUT2D eigenvalue weighted by Crippen LogP contribution is 2.25. The molecule has 6 nitrogen and oxygen atoms in total. The van der Waals surface area contributed by atoms with Crippen LogP contribution in [0, 0.1) is 0 Å². The van der Waals surface area contributed by atoms with E-state index in [9.17, 15) is 13.2 Å². The van der Waals surface area contributed by atoms with Crippen LogP contribution in [0.15, 0.2) is 16.3 Å². The Labute approximate surface area is 116 Å². The Balaban J connectivity index is 1.91. The second-order valence-electron chi connectivity index (χ2n) is 4.53. The third-order valence-corrected chi connectivity index (χ3v) is 6.01. The highest BCUT2D eigenvalue weighted by atomic mass is 32.2. The lowest BCUT2D eigenvalue weighted by Crippen LogP contribution is -2.33. The van der Waals surface area contributed by atoms with Crippen molar-refractivity contribution < 1.29 is 18.3 Å². The van der Waals surface area contributed by atoms with Gasteiger partial charge in [0.1, 0.15) is 9.09 Å². The molecule has 2 rings (SSSR count). The number of nitrogens with one attached hydrogen (secondary N) is 1. The molecule has 0 radical (unpaired) electrons. The van der Waals surface area contributed by atoms with Crippen LogP contribution < -0.4 is 4.72 Å². The lowest BCUT2D eigenvalue weighted by molar-refractivity contribution is 0.0702. The minimum atomic E-state index is -3.60. The number of hydrogen-bond acceptors (Lipinski definition) is 5.